The lowest BCUT2D eigenvalue weighted by atomic mass is 10.00. The van der Waals surface area contributed by atoms with Crippen LogP contribution >= 0.6 is 0 Å². The summed E-state index contributed by atoms with van der Waals surface area (Å²) in [5.74, 6) is 0.708. The number of hydrogen-bond acceptors (Lipinski definition) is 4. The van der Waals surface area contributed by atoms with E-state index in [0.717, 1.165) is 23.3 Å². The van der Waals surface area contributed by atoms with E-state index in [0.29, 0.717) is 19.6 Å². The Labute approximate surface area is 150 Å². The highest BCUT2D eigenvalue weighted by atomic mass is 16.6. The molecule has 2 atom stereocenters. The predicted molar refractivity (Wildman–Crippen MR) is 96.6 cm³/mol. The maximum absolute atomic E-state index is 12.6. The number of nitrogens with zero attached hydrogens (tertiary/aromatic N) is 1. The molecule has 0 bridgehead atoms. The first-order chi connectivity index (χ1) is 11.8. The summed E-state index contributed by atoms with van der Waals surface area (Å²) in [6.07, 6.45) is 0.926. The van der Waals surface area contributed by atoms with Crippen LogP contribution in [0.15, 0.2) is 18.2 Å². The molecule has 2 rings (SSSR count). The molecule has 1 saturated heterocycles. The third kappa shape index (κ3) is 4.74. The topological polar surface area (TPSA) is 55.8 Å². The van der Waals surface area contributed by atoms with Crippen molar-refractivity contribution in [2.75, 3.05) is 13.2 Å². The fourth-order valence-electron chi connectivity index (χ4n) is 2.98. The van der Waals surface area contributed by atoms with Crippen molar-refractivity contribution >= 4 is 12.0 Å². The van der Waals surface area contributed by atoms with Crippen LogP contribution in [0.25, 0.3) is 0 Å². The van der Waals surface area contributed by atoms with Crippen molar-refractivity contribution in [3.8, 4) is 5.75 Å². The molecule has 25 heavy (non-hydrogen) atoms. The Balaban J connectivity index is 1.83. The molecule has 0 aliphatic carbocycles. The first-order valence-electron chi connectivity index (χ1n) is 9.01. The van der Waals surface area contributed by atoms with Crippen molar-refractivity contribution in [1.29, 1.82) is 0 Å². The largest absolute Gasteiger partial charge is 0.493 e. The molecule has 0 radical (unpaired) electrons. The SMILES string of the molecule is Cc1ccc(C)c(OCCC[C@H](C)C(=O)N2C(=O)OC[C@@H]2C(C)C)c1. The Bertz CT molecular complexity index is 626. The maximum Gasteiger partial charge on any atom is 0.416 e. The molecule has 2 amide bonds. The van der Waals surface area contributed by atoms with Gasteiger partial charge in [-0.25, -0.2) is 9.69 Å². The Kier molecular flexibility index (Phi) is 6.45. The number of aryl methyl sites for hydroxylation is 2. The summed E-state index contributed by atoms with van der Waals surface area (Å²) in [7, 11) is 0. The monoisotopic (exact) mass is 347 g/mol. The van der Waals surface area contributed by atoms with Crippen molar-refractivity contribution in [1.82, 2.24) is 4.90 Å². The third-order valence-electron chi connectivity index (χ3n) is 4.72. The highest BCUT2D eigenvalue weighted by Crippen LogP contribution is 2.24. The van der Waals surface area contributed by atoms with Gasteiger partial charge < -0.3 is 9.47 Å². The first-order valence-corrected chi connectivity index (χ1v) is 9.01. The number of imide groups is 1. The molecular weight excluding hydrogens is 318 g/mol. The Hall–Kier alpha value is -2.04. The minimum atomic E-state index is -0.512. The fraction of sp³-hybridized carbons (Fsp3) is 0.600. The van der Waals surface area contributed by atoms with Gasteiger partial charge in [-0.3, -0.25) is 4.79 Å². The molecule has 1 heterocycles. The molecule has 0 saturated carbocycles. The summed E-state index contributed by atoms with van der Waals surface area (Å²) >= 11 is 0. The van der Waals surface area contributed by atoms with Gasteiger partial charge in [-0.2, -0.15) is 0 Å². The van der Waals surface area contributed by atoms with Gasteiger partial charge in [0.1, 0.15) is 12.4 Å². The van der Waals surface area contributed by atoms with Crippen molar-refractivity contribution in [3.63, 3.8) is 0 Å². The van der Waals surface area contributed by atoms with E-state index in [9.17, 15) is 9.59 Å². The summed E-state index contributed by atoms with van der Waals surface area (Å²) in [6, 6.07) is 5.97. The molecule has 1 aromatic carbocycles. The lowest BCUT2D eigenvalue weighted by Crippen LogP contribution is -2.44. The predicted octanol–water partition coefficient (Wildman–Crippen LogP) is 4.10. The number of rotatable bonds is 7. The molecule has 0 N–H and O–H groups in total. The smallest absolute Gasteiger partial charge is 0.416 e. The Morgan fingerprint density at radius 1 is 1.32 bits per heavy atom. The van der Waals surface area contributed by atoms with Crippen LogP contribution in [-0.2, 0) is 9.53 Å². The van der Waals surface area contributed by atoms with Crippen molar-refractivity contribution in [3.05, 3.63) is 29.3 Å². The minimum absolute atomic E-state index is 0.145. The zero-order valence-corrected chi connectivity index (χ0v) is 15.9. The van der Waals surface area contributed by atoms with Crippen LogP contribution in [0.3, 0.4) is 0 Å². The van der Waals surface area contributed by atoms with Crippen molar-refractivity contribution < 1.29 is 19.1 Å². The third-order valence-corrected chi connectivity index (χ3v) is 4.72. The standard InChI is InChI=1S/C20H29NO4/c1-13(2)17-12-25-20(23)21(17)19(22)16(5)7-6-10-24-18-11-14(3)8-9-15(18)4/h8-9,11,13,16-17H,6-7,10,12H2,1-5H3/t16-,17+/m0/s1. The zero-order chi connectivity index (χ0) is 18.6. The Morgan fingerprint density at radius 2 is 2.04 bits per heavy atom. The molecule has 1 aliphatic heterocycles. The van der Waals surface area contributed by atoms with Gasteiger partial charge in [0.25, 0.3) is 0 Å². The van der Waals surface area contributed by atoms with Gasteiger partial charge >= 0.3 is 6.09 Å². The zero-order valence-electron chi connectivity index (χ0n) is 15.9. The fourth-order valence-corrected chi connectivity index (χ4v) is 2.98. The molecule has 5 heteroatoms. The molecule has 5 nitrogen and oxygen atoms in total. The van der Waals surface area contributed by atoms with Gasteiger partial charge in [-0.1, -0.05) is 32.9 Å². The van der Waals surface area contributed by atoms with Gasteiger partial charge in [0.05, 0.1) is 12.6 Å². The summed E-state index contributed by atoms with van der Waals surface area (Å²) < 4.78 is 10.9. The van der Waals surface area contributed by atoms with Gasteiger partial charge in [-0.05, 0) is 49.8 Å². The normalized spacial score (nSPS) is 18.4. The van der Waals surface area contributed by atoms with Gasteiger partial charge in [0, 0.05) is 5.92 Å². The molecule has 0 aromatic heterocycles. The molecule has 138 valence electrons. The number of hydrogen-bond donors (Lipinski definition) is 0. The number of carbonyl (C=O) groups excluding carboxylic acids is 2. The van der Waals surface area contributed by atoms with Crippen LogP contribution in [-0.4, -0.2) is 36.2 Å². The van der Waals surface area contributed by atoms with Crippen LogP contribution in [0.5, 0.6) is 5.75 Å². The quantitative estimate of drug-likeness (QED) is 0.697. The molecule has 1 aliphatic rings. The average molecular weight is 347 g/mol. The molecular formula is C20H29NO4. The lowest BCUT2D eigenvalue weighted by Gasteiger charge is -2.25. The number of benzene rings is 1. The van der Waals surface area contributed by atoms with Gasteiger partial charge in [-0.15, -0.1) is 0 Å². The van der Waals surface area contributed by atoms with E-state index in [1.54, 1.807) is 0 Å². The van der Waals surface area contributed by atoms with E-state index in [4.69, 9.17) is 9.47 Å². The minimum Gasteiger partial charge on any atom is -0.493 e. The number of cyclic esters (lactones) is 1. The first kappa shape index (κ1) is 19.3. The van der Waals surface area contributed by atoms with Crippen molar-refractivity contribution in [2.24, 2.45) is 11.8 Å². The molecule has 0 spiro atoms. The van der Waals surface area contributed by atoms with Crippen LogP contribution < -0.4 is 4.74 Å². The molecule has 0 unspecified atom stereocenters. The second kappa shape index (κ2) is 8.37. The van der Waals surface area contributed by atoms with E-state index in [2.05, 4.69) is 6.07 Å². The van der Waals surface area contributed by atoms with Crippen LogP contribution in [0, 0.1) is 25.7 Å². The summed E-state index contributed by atoms with van der Waals surface area (Å²) in [4.78, 5) is 25.8. The lowest BCUT2D eigenvalue weighted by molar-refractivity contribution is -0.133. The van der Waals surface area contributed by atoms with Gasteiger partial charge in [0.2, 0.25) is 5.91 Å². The summed E-state index contributed by atoms with van der Waals surface area (Å²) in [5, 5.41) is 0. The summed E-state index contributed by atoms with van der Waals surface area (Å²) in [5.41, 5.74) is 2.27. The summed E-state index contributed by atoms with van der Waals surface area (Å²) in [6.45, 7) is 10.8. The Morgan fingerprint density at radius 3 is 2.72 bits per heavy atom. The maximum atomic E-state index is 12.6. The molecule has 1 fully saturated rings. The van der Waals surface area contributed by atoms with Crippen LogP contribution in [0.1, 0.15) is 44.7 Å². The average Bonchev–Trinajstić information content (AvgIpc) is 2.95. The second-order valence-corrected chi connectivity index (χ2v) is 7.26. The van der Waals surface area contributed by atoms with E-state index >= 15 is 0 Å². The van der Waals surface area contributed by atoms with E-state index in [1.165, 1.54) is 4.90 Å². The number of amides is 2. The van der Waals surface area contributed by atoms with E-state index in [1.807, 2.05) is 46.8 Å². The second-order valence-electron chi connectivity index (χ2n) is 7.26. The van der Waals surface area contributed by atoms with E-state index in [-0.39, 0.29) is 23.8 Å². The number of ether oxygens (including phenoxy) is 2. The van der Waals surface area contributed by atoms with E-state index < -0.39 is 6.09 Å². The highest BCUT2D eigenvalue weighted by Gasteiger charge is 2.40. The van der Waals surface area contributed by atoms with Gasteiger partial charge in [0.15, 0.2) is 0 Å². The molecule has 1 aromatic rings. The number of carbonyl (C=O) groups is 2. The van der Waals surface area contributed by atoms with Crippen LogP contribution in [0.4, 0.5) is 4.79 Å². The highest BCUT2D eigenvalue weighted by molar-refractivity contribution is 5.94. The van der Waals surface area contributed by atoms with Crippen molar-refractivity contribution in [2.45, 2.75) is 53.5 Å². The van der Waals surface area contributed by atoms with Crippen LogP contribution in [0.2, 0.25) is 0 Å².